The summed E-state index contributed by atoms with van der Waals surface area (Å²) in [6, 6.07) is 10.1. The second-order valence-corrected chi connectivity index (χ2v) is 8.94. The lowest BCUT2D eigenvalue weighted by Crippen LogP contribution is -2.49. The molecule has 168 valence electrons. The number of ether oxygens (including phenoxy) is 1. The van der Waals surface area contributed by atoms with Crippen molar-refractivity contribution in [2.45, 2.75) is 47.2 Å². The Balaban J connectivity index is 2.16. The van der Waals surface area contributed by atoms with E-state index < -0.39 is 6.04 Å². The lowest BCUT2D eigenvalue weighted by molar-refractivity contribution is -0.142. The molecule has 2 aromatic rings. The molecule has 0 aromatic heterocycles. The average Bonchev–Trinajstić information content (AvgIpc) is 2.73. The van der Waals surface area contributed by atoms with Crippen LogP contribution in [0.4, 0.5) is 0 Å². The predicted molar refractivity (Wildman–Crippen MR) is 126 cm³/mol. The molecule has 31 heavy (non-hydrogen) atoms. The van der Waals surface area contributed by atoms with E-state index in [2.05, 4.69) is 5.32 Å². The molecule has 0 aliphatic rings. The second-order valence-electron chi connectivity index (χ2n) is 8.12. The van der Waals surface area contributed by atoms with E-state index in [0.717, 1.165) is 16.7 Å². The zero-order chi connectivity index (χ0) is 23.1. The first-order valence-corrected chi connectivity index (χ1v) is 11.0. The molecular weight excluding hydrogens is 435 g/mol. The van der Waals surface area contributed by atoms with Crippen LogP contribution in [-0.2, 0) is 16.1 Å². The molecule has 0 radical (unpaired) electrons. The highest BCUT2D eigenvalue weighted by molar-refractivity contribution is 6.32. The Bertz CT molecular complexity index is 891. The van der Waals surface area contributed by atoms with Crippen molar-refractivity contribution < 1.29 is 14.3 Å². The highest BCUT2D eigenvalue weighted by Gasteiger charge is 2.26. The van der Waals surface area contributed by atoms with Crippen LogP contribution in [0.15, 0.2) is 36.4 Å². The number of benzene rings is 2. The summed E-state index contributed by atoms with van der Waals surface area (Å²) in [6.45, 7) is 10.2. The second kappa shape index (κ2) is 11.4. The minimum Gasteiger partial charge on any atom is -0.484 e. The van der Waals surface area contributed by atoms with Crippen LogP contribution in [0.5, 0.6) is 5.75 Å². The van der Waals surface area contributed by atoms with Gasteiger partial charge in [0.2, 0.25) is 5.91 Å². The standard InChI is InChI=1S/C24H30Cl2N2O3/c1-15(2)12-27-24(30)18(5)28(13-19-6-8-20(25)9-7-19)22(29)14-31-21-10-16(3)23(26)17(4)11-21/h6-11,15,18H,12-14H2,1-5H3,(H,27,30). The van der Waals surface area contributed by atoms with Crippen LogP contribution in [0.1, 0.15) is 37.5 Å². The van der Waals surface area contributed by atoms with Crippen molar-refractivity contribution in [3.05, 3.63) is 63.1 Å². The molecule has 5 nitrogen and oxygen atoms in total. The maximum absolute atomic E-state index is 13.1. The summed E-state index contributed by atoms with van der Waals surface area (Å²) in [7, 11) is 0. The topological polar surface area (TPSA) is 58.6 Å². The van der Waals surface area contributed by atoms with Gasteiger partial charge in [0.1, 0.15) is 11.8 Å². The fourth-order valence-electron chi connectivity index (χ4n) is 3.04. The molecule has 0 saturated carbocycles. The van der Waals surface area contributed by atoms with Gasteiger partial charge in [-0.3, -0.25) is 9.59 Å². The van der Waals surface area contributed by atoms with E-state index in [4.69, 9.17) is 27.9 Å². The van der Waals surface area contributed by atoms with Gasteiger partial charge in [-0.05, 0) is 67.6 Å². The fraction of sp³-hybridized carbons (Fsp3) is 0.417. The molecule has 2 aromatic carbocycles. The van der Waals surface area contributed by atoms with Crippen molar-refractivity contribution in [2.24, 2.45) is 5.92 Å². The number of amides is 2. The number of hydrogen-bond donors (Lipinski definition) is 1. The van der Waals surface area contributed by atoms with Crippen LogP contribution < -0.4 is 10.1 Å². The minimum absolute atomic E-state index is 0.185. The molecule has 0 aliphatic heterocycles. The summed E-state index contributed by atoms with van der Waals surface area (Å²) in [5.74, 6) is 0.397. The number of carbonyl (C=O) groups is 2. The first kappa shape index (κ1) is 25.0. The Morgan fingerprint density at radius 3 is 2.16 bits per heavy atom. The van der Waals surface area contributed by atoms with E-state index >= 15 is 0 Å². The smallest absolute Gasteiger partial charge is 0.261 e. The number of halogens is 2. The first-order chi connectivity index (χ1) is 14.6. The van der Waals surface area contributed by atoms with Gasteiger partial charge in [0, 0.05) is 23.1 Å². The summed E-state index contributed by atoms with van der Waals surface area (Å²) >= 11 is 12.2. The van der Waals surface area contributed by atoms with Crippen molar-refractivity contribution in [1.29, 1.82) is 0 Å². The van der Waals surface area contributed by atoms with E-state index in [0.29, 0.717) is 28.3 Å². The zero-order valence-corrected chi connectivity index (χ0v) is 20.2. The number of nitrogens with zero attached hydrogens (tertiary/aromatic N) is 1. The Labute approximate surface area is 194 Å². The summed E-state index contributed by atoms with van der Waals surface area (Å²) in [6.07, 6.45) is 0. The number of aryl methyl sites for hydroxylation is 2. The van der Waals surface area contributed by atoms with Crippen LogP contribution >= 0.6 is 23.2 Å². The van der Waals surface area contributed by atoms with Gasteiger partial charge >= 0.3 is 0 Å². The molecule has 1 atom stereocenters. The molecule has 2 amide bonds. The Morgan fingerprint density at radius 2 is 1.61 bits per heavy atom. The Hall–Kier alpha value is -2.24. The molecule has 0 bridgehead atoms. The highest BCUT2D eigenvalue weighted by Crippen LogP contribution is 2.26. The van der Waals surface area contributed by atoms with Gasteiger partial charge in [0.05, 0.1) is 0 Å². The van der Waals surface area contributed by atoms with Gasteiger partial charge in [-0.15, -0.1) is 0 Å². The van der Waals surface area contributed by atoms with E-state index in [1.807, 2.05) is 39.8 Å². The predicted octanol–water partition coefficient (Wildman–Crippen LogP) is 5.18. The molecule has 1 unspecified atom stereocenters. The van der Waals surface area contributed by atoms with Crippen molar-refractivity contribution in [3.63, 3.8) is 0 Å². The Kier molecular flexibility index (Phi) is 9.20. The lowest BCUT2D eigenvalue weighted by Gasteiger charge is -2.29. The monoisotopic (exact) mass is 464 g/mol. The summed E-state index contributed by atoms with van der Waals surface area (Å²) in [5.41, 5.74) is 2.63. The highest BCUT2D eigenvalue weighted by atomic mass is 35.5. The number of carbonyl (C=O) groups excluding carboxylic acids is 2. The van der Waals surface area contributed by atoms with Crippen LogP contribution in [0.2, 0.25) is 10.0 Å². The van der Waals surface area contributed by atoms with Crippen molar-refractivity contribution in [1.82, 2.24) is 10.2 Å². The van der Waals surface area contributed by atoms with E-state index in [1.165, 1.54) is 4.90 Å². The van der Waals surface area contributed by atoms with Crippen molar-refractivity contribution in [2.75, 3.05) is 13.2 Å². The van der Waals surface area contributed by atoms with E-state index in [-0.39, 0.29) is 25.0 Å². The molecule has 0 saturated heterocycles. The molecule has 0 fully saturated rings. The van der Waals surface area contributed by atoms with E-state index in [9.17, 15) is 9.59 Å². The zero-order valence-electron chi connectivity index (χ0n) is 18.7. The third kappa shape index (κ3) is 7.44. The van der Waals surface area contributed by atoms with Gasteiger partial charge in [0.15, 0.2) is 6.61 Å². The van der Waals surface area contributed by atoms with Crippen LogP contribution in [0.25, 0.3) is 0 Å². The molecule has 0 spiro atoms. The summed E-state index contributed by atoms with van der Waals surface area (Å²) < 4.78 is 5.75. The van der Waals surface area contributed by atoms with Crippen LogP contribution in [0, 0.1) is 19.8 Å². The molecule has 1 N–H and O–H groups in total. The molecule has 0 aliphatic carbocycles. The SMILES string of the molecule is Cc1cc(OCC(=O)N(Cc2ccc(Cl)cc2)C(C)C(=O)NCC(C)C)cc(C)c1Cl. The van der Waals surface area contributed by atoms with Crippen LogP contribution in [0.3, 0.4) is 0 Å². The van der Waals surface area contributed by atoms with Crippen LogP contribution in [-0.4, -0.2) is 35.9 Å². The maximum atomic E-state index is 13.1. The summed E-state index contributed by atoms with van der Waals surface area (Å²) in [4.78, 5) is 27.3. The lowest BCUT2D eigenvalue weighted by atomic mass is 10.1. The first-order valence-electron chi connectivity index (χ1n) is 10.3. The van der Waals surface area contributed by atoms with Gasteiger partial charge < -0.3 is 15.0 Å². The fourth-order valence-corrected chi connectivity index (χ4v) is 3.27. The third-order valence-corrected chi connectivity index (χ3v) is 5.74. The quantitative estimate of drug-likeness (QED) is 0.555. The maximum Gasteiger partial charge on any atom is 0.261 e. The number of nitrogens with one attached hydrogen (secondary N) is 1. The molecule has 0 heterocycles. The van der Waals surface area contributed by atoms with Gasteiger partial charge in [-0.2, -0.15) is 0 Å². The molecular formula is C24H30Cl2N2O3. The molecule has 7 heteroatoms. The van der Waals surface area contributed by atoms with Gasteiger partial charge in [0.25, 0.3) is 5.91 Å². The molecule has 2 rings (SSSR count). The third-order valence-electron chi connectivity index (χ3n) is 4.89. The van der Waals surface area contributed by atoms with Crippen molar-refractivity contribution >= 4 is 35.0 Å². The summed E-state index contributed by atoms with van der Waals surface area (Å²) in [5, 5.41) is 4.19. The largest absolute Gasteiger partial charge is 0.484 e. The van der Waals surface area contributed by atoms with Gasteiger partial charge in [-0.1, -0.05) is 49.2 Å². The number of rotatable bonds is 9. The van der Waals surface area contributed by atoms with E-state index in [1.54, 1.807) is 31.2 Å². The normalized spacial score (nSPS) is 11.9. The van der Waals surface area contributed by atoms with Gasteiger partial charge in [-0.25, -0.2) is 0 Å². The minimum atomic E-state index is -0.654. The average molecular weight is 465 g/mol. The van der Waals surface area contributed by atoms with Crippen molar-refractivity contribution in [3.8, 4) is 5.75 Å². The number of hydrogen-bond acceptors (Lipinski definition) is 3. The Morgan fingerprint density at radius 1 is 1.03 bits per heavy atom.